The second-order valence-electron chi connectivity index (χ2n) is 8.41. The Labute approximate surface area is 203 Å². The van der Waals surface area contributed by atoms with Crippen molar-refractivity contribution in [2.75, 3.05) is 4.90 Å². The van der Waals surface area contributed by atoms with Crippen molar-refractivity contribution in [3.8, 4) is 11.1 Å². The molecule has 1 heterocycles. The molecule has 0 aliphatic rings. The van der Waals surface area contributed by atoms with Crippen LogP contribution < -0.4 is 10.4 Å². The molecule has 0 amide bonds. The van der Waals surface area contributed by atoms with Gasteiger partial charge in [-0.15, -0.1) is 0 Å². The van der Waals surface area contributed by atoms with Crippen molar-refractivity contribution in [2.45, 2.75) is 0 Å². The van der Waals surface area contributed by atoms with Crippen molar-refractivity contribution in [3.05, 3.63) is 121 Å². The van der Waals surface area contributed by atoms with Crippen LogP contribution in [0.4, 0.5) is 17.1 Å². The lowest BCUT2D eigenvalue weighted by molar-refractivity contribution is 0.426. The lowest BCUT2D eigenvalue weighted by Crippen LogP contribution is -2.30. The Hall–Kier alpha value is -4.32. The molecule has 4 nitrogen and oxygen atoms in total. The normalized spacial score (nSPS) is 11.1. The minimum Gasteiger partial charge on any atom is -0.453 e. The molecule has 0 saturated heterocycles. The van der Waals surface area contributed by atoms with Gasteiger partial charge in [0.15, 0.2) is 5.58 Å². The first kappa shape index (κ1) is 21.2. The Balaban J connectivity index is 1.69. The second-order valence-corrected chi connectivity index (χ2v) is 8.41. The fourth-order valence-corrected chi connectivity index (χ4v) is 4.73. The summed E-state index contributed by atoms with van der Waals surface area (Å²) in [6.07, 6.45) is 0. The van der Waals surface area contributed by atoms with Gasteiger partial charge in [-0.25, -0.2) is 0 Å². The SMILES string of the molecule is OB(O)c1ccc(-c2ccccc2)c2oc3c(N(c4ccccc4)c4ccccc4)cccc3c12. The molecular formula is C30H22BNO3. The van der Waals surface area contributed by atoms with Gasteiger partial charge < -0.3 is 19.4 Å². The van der Waals surface area contributed by atoms with Gasteiger partial charge in [-0.1, -0.05) is 91.0 Å². The molecule has 0 aliphatic carbocycles. The number of para-hydroxylation sites is 3. The van der Waals surface area contributed by atoms with Crippen LogP contribution >= 0.6 is 0 Å². The van der Waals surface area contributed by atoms with Crippen molar-refractivity contribution in [1.29, 1.82) is 0 Å². The molecule has 6 aromatic rings. The molecule has 0 unspecified atom stereocenters. The van der Waals surface area contributed by atoms with E-state index in [0.717, 1.165) is 33.6 Å². The van der Waals surface area contributed by atoms with E-state index in [0.29, 0.717) is 22.0 Å². The van der Waals surface area contributed by atoms with Gasteiger partial charge in [0.2, 0.25) is 0 Å². The summed E-state index contributed by atoms with van der Waals surface area (Å²) in [4.78, 5) is 2.15. The summed E-state index contributed by atoms with van der Waals surface area (Å²) in [6.45, 7) is 0. The van der Waals surface area contributed by atoms with Gasteiger partial charge in [0.05, 0.1) is 5.69 Å². The maximum Gasteiger partial charge on any atom is 0.489 e. The van der Waals surface area contributed by atoms with Gasteiger partial charge in [0, 0.05) is 27.7 Å². The van der Waals surface area contributed by atoms with Crippen molar-refractivity contribution < 1.29 is 14.5 Å². The summed E-state index contributed by atoms with van der Waals surface area (Å²) in [5.41, 5.74) is 6.49. The lowest BCUT2D eigenvalue weighted by Gasteiger charge is -2.25. The zero-order valence-electron chi connectivity index (χ0n) is 18.9. The van der Waals surface area contributed by atoms with E-state index in [9.17, 15) is 10.0 Å². The third-order valence-electron chi connectivity index (χ3n) is 6.29. The van der Waals surface area contributed by atoms with Gasteiger partial charge in [0.25, 0.3) is 0 Å². The highest BCUT2D eigenvalue weighted by molar-refractivity contribution is 6.63. The highest BCUT2D eigenvalue weighted by Gasteiger charge is 2.25. The van der Waals surface area contributed by atoms with Crippen LogP contribution in [0, 0.1) is 0 Å². The van der Waals surface area contributed by atoms with Crippen LogP contribution in [0.25, 0.3) is 33.1 Å². The van der Waals surface area contributed by atoms with E-state index in [4.69, 9.17) is 4.42 Å². The Morgan fingerprint density at radius 1 is 0.571 bits per heavy atom. The molecule has 0 fully saturated rings. The van der Waals surface area contributed by atoms with Crippen molar-refractivity contribution in [3.63, 3.8) is 0 Å². The molecule has 1 aromatic heterocycles. The highest BCUT2D eigenvalue weighted by Crippen LogP contribution is 2.43. The van der Waals surface area contributed by atoms with E-state index in [1.165, 1.54) is 0 Å². The smallest absolute Gasteiger partial charge is 0.453 e. The zero-order chi connectivity index (χ0) is 23.8. The maximum atomic E-state index is 10.2. The molecule has 0 bridgehead atoms. The molecule has 2 N–H and O–H groups in total. The molecule has 0 radical (unpaired) electrons. The average Bonchev–Trinajstić information content (AvgIpc) is 3.30. The van der Waals surface area contributed by atoms with Crippen LogP contribution in [0.15, 0.2) is 126 Å². The average molecular weight is 455 g/mol. The molecule has 0 saturated carbocycles. The third-order valence-corrected chi connectivity index (χ3v) is 6.29. The molecule has 168 valence electrons. The molecule has 0 atom stereocenters. The fourth-order valence-electron chi connectivity index (χ4n) is 4.73. The number of rotatable bonds is 5. The van der Waals surface area contributed by atoms with E-state index in [1.807, 2.05) is 91.0 Å². The first-order valence-corrected chi connectivity index (χ1v) is 11.5. The highest BCUT2D eigenvalue weighted by atomic mass is 16.4. The summed E-state index contributed by atoms with van der Waals surface area (Å²) < 4.78 is 6.62. The van der Waals surface area contributed by atoms with Crippen LogP contribution in [0.2, 0.25) is 0 Å². The standard InChI is InChI=1S/C30H22BNO3/c33-31(34)26-20-19-24(21-11-4-1-5-12-21)30-28(26)25-17-10-18-27(29(25)35-30)32(22-13-6-2-7-14-22)23-15-8-3-9-16-23/h1-20,33-34H. The first-order valence-electron chi connectivity index (χ1n) is 11.5. The zero-order valence-corrected chi connectivity index (χ0v) is 18.9. The van der Waals surface area contributed by atoms with Gasteiger partial charge in [-0.3, -0.25) is 0 Å². The topological polar surface area (TPSA) is 56.8 Å². The van der Waals surface area contributed by atoms with Crippen molar-refractivity contribution >= 4 is 51.6 Å². The number of hydrogen-bond acceptors (Lipinski definition) is 4. The number of hydrogen-bond donors (Lipinski definition) is 2. The van der Waals surface area contributed by atoms with Crippen LogP contribution in [0.3, 0.4) is 0 Å². The number of fused-ring (bicyclic) bond motifs is 3. The van der Waals surface area contributed by atoms with E-state index >= 15 is 0 Å². The summed E-state index contributed by atoms with van der Waals surface area (Å²) >= 11 is 0. The van der Waals surface area contributed by atoms with Crippen LogP contribution in [0.1, 0.15) is 0 Å². The largest absolute Gasteiger partial charge is 0.489 e. The summed E-state index contributed by atoms with van der Waals surface area (Å²) in [5.74, 6) is 0. The van der Waals surface area contributed by atoms with E-state index in [-0.39, 0.29) is 0 Å². The molecule has 5 aromatic carbocycles. The number of nitrogens with zero attached hydrogens (tertiary/aromatic N) is 1. The van der Waals surface area contributed by atoms with Crippen LogP contribution in [-0.4, -0.2) is 17.2 Å². The van der Waals surface area contributed by atoms with E-state index in [2.05, 4.69) is 29.2 Å². The predicted octanol–water partition coefficient (Wildman–Crippen LogP) is 6.40. The van der Waals surface area contributed by atoms with Gasteiger partial charge >= 0.3 is 7.12 Å². The summed E-state index contributed by atoms with van der Waals surface area (Å²) in [6, 6.07) is 39.9. The molecule has 0 spiro atoms. The number of furan rings is 1. The Morgan fingerprint density at radius 3 is 1.77 bits per heavy atom. The quantitative estimate of drug-likeness (QED) is 0.295. The molecular weight excluding hydrogens is 433 g/mol. The second kappa shape index (κ2) is 8.80. The Kier molecular flexibility index (Phi) is 5.34. The predicted molar refractivity (Wildman–Crippen MR) is 144 cm³/mol. The van der Waals surface area contributed by atoms with E-state index < -0.39 is 7.12 Å². The van der Waals surface area contributed by atoms with Gasteiger partial charge in [-0.05, 0) is 41.4 Å². The minimum absolute atomic E-state index is 0.418. The van der Waals surface area contributed by atoms with E-state index in [1.54, 1.807) is 6.07 Å². The van der Waals surface area contributed by atoms with Crippen LogP contribution in [0.5, 0.6) is 0 Å². The minimum atomic E-state index is -1.62. The van der Waals surface area contributed by atoms with Crippen LogP contribution in [-0.2, 0) is 0 Å². The lowest BCUT2D eigenvalue weighted by atomic mass is 9.76. The van der Waals surface area contributed by atoms with Gasteiger partial charge in [0.1, 0.15) is 5.58 Å². The molecule has 35 heavy (non-hydrogen) atoms. The first-order chi connectivity index (χ1) is 17.2. The molecule has 5 heteroatoms. The van der Waals surface area contributed by atoms with Crippen molar-refractivity contribution in [1.82, 2.24) is 0 Å². The third kappa shape index (κ3) is 3.67. The fraction of sp³-hybridized carbons (Fsp3) is 0. The molecule has 6 rings (SSSR count). The Morgan fingerprint density at radius 2 is 1.17 bits per heavy atom. The van der Waals surface area contributed by atoms with Crippen molar-refractivity contribution in [2.24, 2.45) is 0 Å². The summed E-state index contributed by atoms with van der Waals surface area (Å²) in [7, 11) is -1.62. The Bertz CT molecular complexity index is 1570. The summed E-state index contributed by atoms with van der Waals surface area (Å²) in [5, 5.41) is 21.9. The maximum absolute atomic E-state index is 10.2. The number of anilines is 3. The molecule has 0 aliphatic heterocycles. The monoisotopic (exact) mass is 455 g/mol. The van der Waals surface area contributed by atoms with Gasteiger partial charge in [-0.2, -0.15) is 0 Å². The number of benzene rings is 5.